The van der Waals surface area contributed by atoms with Crippen LogP contribution in [0.1, 0.15) is 17.3 Å². The summed E-state index contributed by atoms with van der Waals surface area (Å²) in [7, 11) is 0. The predicted molar refractivity (Wildman–Crippen MR) is 103 cm³/mol. The van der Waals surface area contributed by atoms with Crippen LogP contribution in [-0.2, 0) is 4.79 Å². The van der Waals surface area contributed by atoms with E-state index in [1.54, 1.807) is 19.1 Å². The van der Waals surface area contributed by atoms with Crippen LogP contribution in [0.15, 0.2) is 53.0 Å². The number of carbonyl (C=O) groups is 2. The molecule has 0 atom stereocenters. The number of piperazine rings is 1. The van der Waals surface area contributed by atoms with Crippen molar-refractivity contribution in [2.75, 3.05) is 36.4 Å². The molecule has 2 aromatic carbocycles. The number of hydrogen-bond acceptors (Lipinski definition) is 3. The number of benzene rings is 2. The van der Waals surface area contributed by atoms with Crippen LogP contribution in [0.5, 0.6) is 0 Å². The van der Waals surface area contributed by atoms with Gasteiger partial charge in [0.1, 0.15) is 0 Å². The Hall–Kier alpha value is -2.34. The molecule has 1 N–H and O–H groups in total. The molecule has 6 heteroatoms. The van der Waals surface area contributed by atoms with Crippen molar-refractivity contribution in [2.24, 2.45) is 0 Å². The Morgan fingerprint density at radius 1 is 0.920 bits per heavy atom. The monoisotopic (exact) mass is 401 g/mol. The largest absolute Gasteiger partial charge is 0.368 e. The van der Waals surface area contributed by atoms with Crippen molar-refractivity contribution >= 4 is 39.1 Å². The van der Waals surface area contributed by atoms with Crippen molar-refractivity contribution in [2.45, 2.75) is 6.92 Å². The maximum Gasteiger partial charge on any atom is 0.255 e. The highest BCUT2D eigenvalue weighted by atomic mass is 79.9. The van der Waals surface area contributed by atoms with Crippen molar-refractivity contribution in [3.8, 4) is 0 Å². The fourth-order valence-corrected chi connectivity index (χ4v) is 3.10. The highest BCUT2D eigenvalue weighted by Crippen LogP contribution is 2.20. The second-order valence-electron chi connectivity index (χ2n) is 6.00. The van der Waals surface area contributed by atoms with E-state index in [4.69, 9.17) is 0 Å². The van der Waals surface area contributed by atoms with Gasteiger partial charge in [0.25, 0.3) is 5.91 Å². The van der Waals surface area contributed by atoms with Crippen LogP contribution in [0.2, 0.25) is 0 Å². The lowest BCUT2D eigenvalue weighted by Crippen LogP contribution is -2.48. The van der Waals surface area contributed by atoms with Gasteiger partial charge in [-0.05, 0) is 48.5 Å². The van der Waals surface area contributed by atoms with Gasteiger partial charge in [-0.25, -0.2) is 0 Å². The number of amides is 2. The second-order valence-corrected chi connectivity index (χ2v) is 6.92. The summed E-state index contributed by atoms with van der Waals surface area (Å²) < 4.78 is 0.943. The van der Waals surface area contributed by atoms with Crippen LogP contribution < -0.4 is 10.2 Å². The first kappa shape index (κ1) is 17.5. The lowest BCUT2D eigenvalue weighted by molar-refractivity contribution is -0.129. The SMILES string of the molecule is CC(=O)N1CCN(c2ccc(NC(=O)c3ccc(Br)cc3)cc2)CC1. The molecule has 2 aromatic rings. The maximum atomic E-state index is 12.2. The summed E-state index contributed by atoms with van der Waals surface area (Å²) >= 11 is 3.36. The summed E-state index contributed by atoms with van der Waals surface area (Å²) in [6.07, 6.45) is 0. The molecule has 1 fully saturated rings. The Morgan fingerprint density at radius 3 is 2.08 bits per heavy atom. The number of anilines is 2. The van der Waals surface area contributed by atoms with Gasteiger partial charge in [0.2, 0.25) is 5.91 Å². The molecule has 5 nitrogen and oxygen atoms in total. The Labute approximate surface area is 155 Å². The summed E-state index contributed by atoms with van der Waals surface area (Å²) in [6.45, 7) is 4.75. The number of nitrogens with one attached hydrogen (secondary N) is 1. The minimum atomic E-state index is -0.129. The molecular formula is C19H20BrN3O2. The van der Waals surface area contributed by atoms with Gasteiger partial charge in [0.05, 0.1) is 0 Å². The van der Waals surface area contributed by atoms with Crippen molar-refractivity contribution in [1.82, 2.24) is 4.90 Å². The first-order valence-electron chi connectivity index (χ1n) is 8.20. The normalized spacial score (nSPS) is 14.3. The van der Waals surface area contributed by atoms with Crippen LogP contribution in [0.4, 0.5) is 11.4 Å². The standard InChI is InChI=1S/C19H20BrN3O2/c1-14(24)22-10-12-23(13-11-22)18-8-6-17(7-9-18)21-19(25)15-2-4-16(20)5-3-15/h2-9H,10-13H2,1H3,(H,21,25). The van der Waals surface area contributed by atoms with Gasteiger partial charge in [-0.1, -0.05) is 15.9 Å². The number of rotatable bonds is 3. The van der Waals surface area contributed by atoms with Gasteiger partial charge in [0, 0.05) is 54.5 Å². The number of hydrogen-bond donors (Lipinski definition) is 1. The summed E-state index contributed by atoms with van der Waals surface area (Å²) in [5.41, 5.74) is 2.48. The van der Waals surface area contributed by atoms with Crippen LogP contribution in [0.25, 0.3) is 0 Å². The van der Waals surface area contributed by atoms with Crippen LogP contribution in [0, 0.1) is 0 Å². The zero-order valence-electron chi connectivity index (χ0n) is 14.0. The highest BCUT2D eigenvalue weighted by Gasteiger charge is 2.18. The predicted octanol–water partition coefficient (Wildman–Crippen LogP) is 3.37. The van der Waals surface area contributed by atoms with Gasteiger partial charge in [-0.15, -0.1) is 0 Å². The molecule has 0 unspecified atom stereocenters. The molecule has 1 saturated heterocycles. The highest BCUT2D eigenvalue weighted by molar-refractivity contribution is 9.10. The van der Waals surface area contributed by atoms with Crippen molar-refractivity contribution < 1.29 is 9.59 Å². The fraction of sp³-hybridized carbons (Fsp3) is 0.263. The van der Waals surface area contributed by atoms with Crippen molar-refractivity contribution in [3.05, 3.63) is 58.6 Å². The molecule has 0 saturated carbocycles. The van der Waals surface area contributed by atoms with Crippen LogP contribution >= 0.6 is 15.9 Å². The van der Waals surface area contributed by atoms with E-state index < -0.39 is 0 Å². The zero-order valence-corrected chi connectivity index (χ0v) is 15.6. The minimum Gasteiger partial charge on any atom is -0.368 e. The van der Waals surface area contributed by atoms with E-state index in [0.717, 1.165) is 42.0 Å². The summed E-state index contributed by atoms with van der Waals surface area (Å²) in [6, 6.07) is 15.1. The van der Waals surface area contributed by atoms with Gasteiger partial charge in [-0.3, -0.25) is 9.59 Å². The zero-order chi connectivity index (χ0) is 17.8. The molecule has 130 valence electrons. The van der Waals surface area contributed by atoms with E-state index in [1.807, 2.05) is 41.3 Å². The molecule has 1 heterocycles. The lowest BCUT2D eigenvalue weighted by Gasteiger charge is -2.35. The maximum absolute atomic E-state index is 12.2. The molecular weight excluding hydrogens is 382 g/mol. The topological polar surface area (TPSA) is 52.7 Å². The van der Waals surface area contributed by atoms with E-state index in [-0.39, 0.29) is 11.8 Å². The molecule has 25 heavy (non-hydrogen) atoms. The Kier molecular flexibility index (Phi) is 5.38. The Morgan fingerprint density at radius 2 is 1.52 bits per heavy atom. The Bertz CT molecular complexity index is 751. The lowest BCUT2D eigenvalue weighted by atomic mass is 10.2. The summed E-state index contributed by atoms with van der Waals surface area (Å²) in [5, 5.41) is 2.90. The van der Waals surface area contributed by atoms with Gasteiger partial charge >= 0.3 is 0 Å². The van der Waals surface area contributed by atoms with Gasteiger partial charge in [0.15, 0.2) is 0 Å². The molecule has 1 aliphatic rings. The average molecular weight is 402 g/mol. The molecule has 0 aromatic heterocycles. The van der Waals surface area contributed by atoms with E-state index in [1.165, 1.54) is 0 Å². The van der Waals surface area contributed by atoms with Gasteiger partial charge < -0.3 is 15.1 Å². The number of halogens is 1. The second kappa shape index (κ2) is 7.70. The molecule has 0 radical (unpaired) electrons. The Balaban J connectivity index is 1.60. The third-order valence-corrected chi connectivity index (χ3v) is 4.85. The fourth-order valence-electron chi connectivity index (χ4n) is 2.84. The molecule has 0 bridgehead atoms. The van der Waals surface area contributed by atoms with Crippen LogP contribution in [-0.4, -0.2) is 42.9 Å². The van der Waals surface area contributed by atoms with E-state index in [2.05, 4.69) is 26.1 Å². The first-order valence-corrected chi connectivity index (χ1v) is 9.00. The minimum absolute atomic E-state index is 0.129. The van der Waals surface area contributed by atoms with Crippen LogP contribution in [0.3, 0.4) is 0 Å². The molecule has 1 aliphatic heterocycles. The molecule has 0 aliphatic carbocycles. The smallest absolute Gasteiger partial charge is 0.255 e. The number of carbonyl (C=O) groups excluding carboxylic acids is 2. The molecule has 0 spiro atoms. The first-order chi connectivity index (χ1) is 12.0. The molecule has 2 amide bonds. The molecule has 3 rings (SSSR count). The number of nitrogens with zero attached hydrogens (tertiary/aromatic N) is 2. The average Bonchev–Trinajstić information content (AvgIpc) is 2.63. The third kappa shape index (κ3) is 4.39. The quantitative estimate of drug-likeness (QED) is 0.857. The summed E-state index contributed by atoms with van der Waals surface area (Å²) in [4.78, 5) is 27.7. The summed E-state index contributed by atoms with van der Waals surface area (Å²) in [5.74, 6) is 0.000902. The van der Waals surface area contributed by atoms with Gasteiger partial charge in [-0.2, -0.15) is 0 Å². The van der Waals surface area contributed by atoms with E-state index >= 15 is 0 Å². The third-order valence-electron chi connectivity index (χ3n) is 4.32. The van der Waals surface area contributed by atoms with E-state index in [0.29, 0.717) is 5.56 Å². The van der Waals surface area contributed by atoms with Crippen molar-refractivity contribution in [3.63, 3.8) is 0 Å². The van der Waals surface area contributed by atoms with Crippen molar-refractivity contribution in [1.29, 1.82) is 0 Å². The van der Waals surface area contributed by atoms with E-state index in [9.17, 15) is 9.59 Å².